The Hall–Kier alpha value is -1.05. The number of hydrogen-bond donors (Lipinski definition) is 1. The molecule has 1 N–H and O–H groups in total. The third-order valence-corrected chi connectivity index (χ3v) is 0. The fourth-order valence-corrected chi connectivity index (χ4v) is 0. The van der Waals surface area contributed by atoms with E-state index in [-0.39, 0.29) is 0 Å². The van der Waals surface area contributed by atoms with Gasteiger partial charge in [-0.3, -0.25) is 4.79 Å². The van der Waals surface area contributed by atoms with Crippen LogP contribution in [0.15, 0.2) is 25.8 Å². The van der Waals surface area contributed by atoms with E-state index in [0.29, 0.717) is 0 Å². The molecule has 0 fully saturated rings. The predicted molar refractivity (Wildman–Crippen MR) is 40.4 cm³/mol. The summed E-state index contributed by atoms with van der Waals surface area (Å²) in [6.07, 6.45) is 1.75. The van der Waals surface area contributed by atoms with Crippen LogP contribution in [0.3, 0.4) is 0 Å². The van der Waals surface area contributed by atoms with Gasteiger partial charge >= 0.3 is 0 Å². The van der Waals surface area contributed by atoms with Gasteiger partial charge in [0.2, 0.25) is 0 Å². The Morgan fingerprint density at radius 1 is 1.56 bits per heavy atom. The van der Waals surface area contributed by atoms with Crippen molar-refractivity contribution >= 4 is 5.97 Å². The number of hydrogen-bond acceptors (Lipinski definition) is 1. The van der Waals surface area contributed by atoms with E-state index < -0.39 is 5.97 Å². The van der Waals surface area contributed by atoms with Crippen molar-refractivity contribution in [2.75, 3.05) is 0 Å². The average molecular weight is 130 g/mol. The SMILES string of the molecule is C=C.C=CC.CC(=O)O. The molecule has 2 heteroatoms. The zero-order chi connectivity index (χ0) is 8.28. The van der Waals surface area contributed by atoms with Gasteiger partial charge in [0.05, 0.1) is 0 Å². The summed E-state index contributed by atoms with van der Waals surface area (Å²) >= 11 is 0. The monoisotopic (exact) mass is 130 g/mol. The van der Waals surface area contributed by atoms with Crippen molar-refractivity contribution in [3.05, 3.63) is 25.8 Å². The Kier molecular flexibility index (Phi) is 49.2. The van der Waals surface area contributed by atoms with E-state index in [2.05, 4.69) is 19.7 Å². The van der Waals surface area contributed by atoms with Crippen molar-refractivity contribution in [3.8, 4) is 0 Å². The van der Waals surface area contributed by atoms with Crippen molar-refractivity contribution in [3.63, 3.8) is 0 Å². The maximum absolute atomic E-state index is 9.00. The zero-order valence-corrected chi connectivity index (χ0v) is 6.05. The van der Waals surface area contributed by atoms with Crippen LogP contribution in [0.5, 0.6) is 0 Å². The van der Waals surface area contributed by atoms with Crippen molar-refractivity contribution in [2.45, 2.75) is 13.8 Å². The summed E-state index contributed by atoms with van der Waals surface area (Å²) in [4.78, 5) is 9.00. The van der Waals surface area contributed by atoms with Gasteiger partial charge in [0, 0.05) is 6.92 Å². The molecule has 0 bridgehead atoms. The van der Waals surface area contributed by atoms with Crippen molar-refractivity contribution in [1.29, 1.82) is 0 Å². The van der Waals surface area contributed by atoms with E-state index in [4.69, 9.17) is 9.90 Å². The molecular formula is C7H14O2. The van der Waals surface area contributed by atoms with Crippen LogP contribution in [0.1, 0.15) is 13.8 Å². The van der Waals surface area contributed by atoms with Gasteiger partial charge in [-0.1, -0.05) is 6.08 Å². The van der Waals surface area contributed by atoms with Crippen LogP contribution in [-0.2, 0) is 4.79 Å². The molecule has 0 heterocycles. The third kappa shape index (κ3) is 154. The van der Waals surface area contributed by atoms with Crippen LogP contribution in [0.25, 0.3) is 0 Å². The van der Waals surface area contributed by atoms with Gasteiger partial charge in [0.25, 0.3) is 5.97 Å². The first kappa shape index (κ1) is 15.7. The smallest absolute Gasteiger partial charge is 0.300 e. The average Bonchev–Trinajstić information content (AvgIpc) is 1.71. The lowest BCUT2D eigenvalue weighted by Gasteiger charge is -1.59. The summed E-state index contributed by atoms with van der Waals surface area (Å²) < 4.78 is 0. The summed E-state index contributed by atoms with van der Waals surface area (Å²) in [5.41, 5.74) is 0. The molecule has 0 saturated heterocycles. The van der Waals surface area contributed by atoms with Crippen LogP contribution < -0.4 is 0 Å². The van der Waals surface area contributed by atoms with Crippen LogP contribution in [0.4, 0.5) is 0 Å². The number of rotatable bonds is 0. The normalized spacial score (nSPS) is 4.67. The van der Waals surface area contributed by atoms with Gasteiger partial charge in [-0.15, -0.1) is 19.7 Å². The summed E-state index contributed by atoms with van der Waals surface area (Å²) in [6, 6.07) is 0. The molecule has 0 atom stereocenters. The van der Waals surface area contributed by atoms with Gasteiger partial charge in [-0.25, -0.2) is 0 Å². The highest BCUT2D eigenvalue weighted by molar-refractivity contribution is 5.62. The molecule has 0 aromatic carbocycles. The van der Waals surface area contributed by atoms with Gasteiger partial charge in [-0.2, -0.15) is 0 Å². The maximum Gasteiger partial charge on any atom is 0.300 e. The fourth-order valence-electron chi connectivity index (χ4n) is 0. The zero-order valence-electron chi connectivity index (χ0n) is 6.05. The van der Waals surface area contributed by atoms with Crippen molar-refractivity contribution in [1.82, 2.24) is 0 Å². The minimum atomic E-state index is -0.833. The number of carboxylic acids is 1. The van der Waals surface area contributed by atoms with Gasteiger partial charge in [-0.05, 0) is 6.92 Å². The molecule has 0 rings (SSSR count). The fraction of sp³-hybridized carbons (Fsp3) is 0.286. The molecule has 0 unspecified atom stereocenters. The van der Waals surface area contributed by atoms with E-state index in [1.807, 2.05) is 6.92 Å². The first-order valence-corrected chi connectivity index (χ1v) is 2.41. The predicted octanol–water partition coefficient (Wildman–Crippen LogP) is 2.09. The molecule has 0 saturated carbocycles. The molecule has 9 heavy (non-hydrogen) atoms. The van der Waals surface area contributed by atoms with Crippen LogP contribution in [0, 0.1) is 0 Å². The quantitative estimate of drug-likeness (QED) is 0.510. The van der Waals surface area contributed by atoms with E-state index >= 15 is 0 Å². The highest BCUT2D eigenvalue weighted by Gasteiger charge is 1.65. The first-order valence-electron chi connectivity index (χ1n) is 2.41. The lowest BCUT2D eigenvalue weighted by atomic mass is 10.8. The number of aliphatic carboxylic acids is 1. The summed E-state index contributed by atoms with van der Waals surface area (Å²) in [5, 5.41) is 7.42. The lowest BCUT2D eigenvalue weighted by Crippen LogP contribution is -1.78. The molecule has 0 radical (unpaired) electrons. The van der Waals surface area contributed by atoms with E-state index in [0.717, 1.165) is 6.92 Å². The number of allylic oxidation sites excluding steroid dienone is 1. The minimum absolute atomic E-state index is 0.833. The molecule has 0 spiro atoms. The molecule has 0 aliphatic heterocycles. The molecule has 0 amide bonds. The third-order valence-electron chi connectivity index (χ3n) is 0. The second-order valence-corrected chi connectivity index (χ2v) is 0.927. The van der Waals surface area contributed by atoms with Gasteiger partial charge < -0.3 is 5.11 Å². The second-order valence-electron chi connectivity index (χ2n) is 0.927. The molecule has 0 aliphatic carbocycles. The van der Waals surface area contributed by atoms with E-state index in [1.54, 1.807) is 6.08 Å². The summed E-state index contributed by atoms with van der Waals surface area (Å²) in [7, 11) is 0. The van der Waals surface area contributed by atoms with Crippen LogP contribution in [-0.4, -0.2) is 11.1 Å². The molecule has 0 aliphatic rings. The van der Waals surface area contributed by atoms with Gasteiger partial charge in [0.1, 0.15) is 0 Å². The number of carboxylic acid groups (broad SMARTS) is 1. The first-order chi connectivity index (χ1) is 4.15. The Balaban J connectivity index is -0.0000000646. The van der Waals surface area contributed by atoms with Crippen molar-refractivity contribution in [2.24, 2.45) is 0 Å². The lowest BCUT2D eigenvalue weighted by molar-refractivity contribution is -0.134. The van der Waals surface area contributed by atoms with Crippen LogP contribution in [0.2, 0.25) is 0 Å². The Bertz CT molecular complexity index is 63.3. The molecule has 0 aromatic rings. The highest BCUT2D eigenvalue weighted by Crippen LogP contribution is 1.42. The van der Waals surface area contributed by atoms with Crippen molar-refractivity contribution < 1.29 is 9.90 Å². The molecule has 54 valence electrons. The van der Waals surface area contributed by atoms with Gasteiger partial charge in [0.15, 0.2) is 0 Å². The number of carbonyl (C=O) groups is 1. The molecular weight excluding hydrogens is 116 g/mol. The van der Waals surface area contributed by atoms with Crippen LogP contribution >= 0.6 is 0 Å². The molecule has 0 aromatic heterocycles. The summed E-state index contributed by atoms with van der Waals surface area (Å²) in [6.45, 7) is 12.3. The largest absolute Gasteiger partial charge is 0.481 e. The highest BCUT2D eigenvalue weighted by atomic mass is 16.4. The maximum atomic E-state index is 9.00. The topological polar surface area (TPSA) is 37.3 Å². The van der Waals surface area contributed by atoms with E-state index in [9.17, 15) is 0 Å². The summed E-state index contributed by atoms with van der Waals surface area (Å²) in [5.74, 6) is -0.833. The Labute approximate surface area is 56.5 Å². The Morgan fingerprint density at radius 2 is 1.56 bits per heavy atom. The Morgan fingerprint density at radius 3 is 1.56 bits per heavy atom. The van der Waals surface area contributed by atoms with E-state index in [1.165, 1.54) is 0 Å². The molecule has 2 nitrogen and oxygen atoms in total. The second kappa shape index (κ2) is 28.3. The minimum Gasteiger partial charge on any atom is -0.481 e. The standard InChI is InChI=1S/C3H6.C2H4O2.C2H4/c1-3-2;1-2(3)4;1-2/h3H,1H2,2H3;1H3,(H,3,4);1-2H2.